The summed E-state index contributed by atoms with van der Waals surface area (Å²) in [4.78, 5) is 0. The molecule has 2 bridgehead atoms. The molecule has 1 aromatic rings. The molecular weight excluding hydrogens is 279 g/mol. The van der Waals surface area contributed by atoms with Crippen molar-refractivity contribution in [1.82, 2.24) is 5.32 Å². The van der Waals surface area contributed by atoms with Gasteiger partial charge in [-0.1, -0.05) is 18.6 Å². The van der Waals surface area contributed by atoms with Crippen molar-refractivity contribution in [2.75, 3.05) is 6.54 Å². The van der Waals surface area contributed by atoms with E-state index in [-0.39, 0.29) is 5.75 Å². The van der Waals surface area contributed by atoms with E-state index in [1.807, 2.05) is 6.07 Å². The maximum Gasteiger partial charge on any atom is 0.573 e. The number of hydrogen-bond donors (Lipinski definition) is 1. The van der Waals surface area contributed by atoms with Crippen LogP contribution < -0.4 is 10.1 Å². The largest absolute Gasteiger partial charge is 0.573 e. The number of fused-ring (bicyclic) bond motifs is 2. The molecule has 116 valence electrons. The van der Waals surface area contributed by atoms with E-state index in [1.165, 1.54) is 37.8 Å². The fourth-order valence-corrected chi connectivity index (χ4v) is 3.88. The molecule has 2 aliphatic rings. The first-order chi connectivity index (χ1) is 9.99. The summed E-state index contributed by atoms with van der Waals surface area (Å²) in [6.07, 6.45) is 0.801. The third-order valence-electron chi connectivity index (χ3n) is 4.75. The number of nitrogens with one attached hydrogen (secondary N) is 1. The number of benzene rings is 1. The second kappa shape index (κ2) is 5.87. The van der Waals surface area contributed by atoms with Crippen LogP contribution in [0.1, 0.15) is 31.2 Å². The van der Waals surface area contributed by atoms with Crippen molar-refractivity contribution < 1.29 is 17.9 Å². The average Bonchev–Trinajstić information content (AvgIpc) is 2.99. The van der Waals surface area contributed by atoms with E-state index in [0.29, 0.717) is 6.54 Å². The van der Waals surface area contributed by atoms with E-state index in [9.17, 15) is 13.2 Å². The lowest BCUT2D eigenvalue weighted by Crippen LogP contribution is -2.26. The number of halogens is 3. The van der Waals surface area contributed by atoms with Gasteiger partial charge in [0.15, 0.2) is 0 Å². The number of alkyl halides is 3. The second-order valence-corrected chi connectivity index (χ2v) is 6.26. The molecule has 3 atom stereocenters. The summed E-state index contributed by atoms with van der Waals surface area (Å²) >= 11 is 0. The Kier molecular flexibility index (Phi) is 4.11. The predicted octanol–water partition coefficient (Wildman–Crippen LogP) is 4.11. The molecule has 3 unspecified atom stereocenters. The van der Waals surface area contributed by atoms with Crippen LogP contribution in [0, 0.1) is 17.8 Å². The minimum Gasteiger partial charge on any atom is -0.406 e. The molecule has 0 amide bonds. The van der Waals surface area contributed by atoms with Gasteiger partial charge in [-0.25, -0.2) is 0 Å². The molecule has 2 fully saturated rings. The van der Waals surface area contributed by atoms with Gasteiger partial charge in [-0.3, -0.25) is 0 Å². The summed E-state index contributed by atoms with van der Waals surface area (Å²) in [6.45, 7) is 1.55. The Morgan fingerprint density at radius 3 is 2.71 bits per heavy atom. The topological polar surface area (TPSA) is 21.3 Å². The second-order valence-electron chi connectivity index (χ2n) is 6.26. The van der Waals surface area contributed by atoms with Crippen molar-refractivity contribution in [3.63, 3.8) is 0 Å². The molecule has 1 aromatic carbocycles. The molecule has 21 heavy (non-hydrogen) atoms. The molecule has 5 heteroatoms. The fraction of sp³-hybridized carbons (Fsp3) is 0.625. The van der Waals surface area contributed by atoms with Crippen LogP contribution in [0.25, 0.3) is 0 Å². The highest BCUT2D eigenvalue weighted by Crippen LogP contribution is 2.47. The van der Waals surface area contributed by atoms with Gasteiger partial charge < -0.3 is 10.1 Å². The predicted molar refractivity (Wildman–Crippen MR) is 73.8 cm³/mol. The standard InChI is InChI=1S/C16H20F3NO/c17-16(18,19)21-15-3-1-2-12(8-15)9-20-10-14-7-11-4-5-13(14)6-11/h1-3,8,11,13-14,20H,4-7,9-10H2. The van der Waals surface area contributed by atoms with Gasteiger partial charge in [0.1, 0.15) is 5.75 Å². The van der Waals surface area contributed by atoms with E-state index in [4.69, 9.17) is 0 Å². The van der Waals surface area contributed by atoms with Gasteiger partial charge in [-0.15, -0.1) is 13.2 Å². The summed E-state index contributed by atoms with van der Waals surface area (Å²) in [7, 11) is 0. The van der Waals surface area contributed by atoms with Crippen LogP contribution in [0.4, 0.5) is 13.2 Å². The van der Waals surface area contributed by atoms with Gasteiger partial charge in [0.2, 0.25) is 0 Å². The first-order valence-corrected chi connectivity index (χ1v) is 7.55. The quantitative estimate of drug-likeness (QED) is 0.883. The number of ether oxygens (including phenoxy) is 1. The van der Waals surface area contributed by atoms with Crippen molar-refractivity contribution in [3.05, 3.63) is 29.8 Å². The minimum atomic E-state index is -4.63. The molecule has 0 aliphatic heterocycles. The number of hydrogen-bond acceptors (Lipinski definition) is 2. The highest BCUT2D eigenvalue weighted by Gasteiger charge is 2.38. The van der Waals surface area contributed by atoms with Gasteiger partial charge in [0.05, 0.1) is 0 Å². The highest BCUT2D eigenvalue weighted by molar-refractivity contribution is 5.28. The summed E-state index contributed by atoms with van der Waals surface area (Å²) in [5.74, 6) is 2.38. The van der Waals surface area contributed by atoms with Crippen molar-refractivity contribution >= 4 is 0 Å². The minimum absolute atomic E-state index is 0.151. The third kappa shape index (κ3) is 3.90. The zero-order chi connectivity index (χ0) is 14.9. The first kappa shape index (κ1) is 14.7. The van der Waals surface area contributed by atoms with Crippen LogP contribution in [0.2, 0.25) is 0 Å². The summed E-state index contributed by atoms with van der Waals surface area (Å²) in [5, 5.41) is 3.38. The zero-order valence-electron chi connectivity index (χ0n) is 11.8. The Morgan fingerprint density at radius 2 is 2.05 bits per heavy atom. The Balaban J connectivity index is 1.48. The molecule has 0 radical (unpaired) electrons. The molecule has 2 nitrogen and oxygen atoms in total. The van der Waals surface area contributed by atoms with Gasteiger partial charge >= 0.3 is 6.36 Å². The van der Waals surface area contributed by atoms with E-state index in [1.54, 1.807) is 6.07 Å². The molecule has 0 spiro atoms. The van der Waals surface area contributed by atoms with Crippen LogP contribution in [0.15, 0.2) is 24.3 Å². The molecule has 0 heterocycles. The molecule has 2 aliphatic carbocycles. The van der Waals surface area contributed by atoms with E-state index >= 15 is 0 Å². The van der Waals surface area contributed by atoms with Crippen LogP contribution in [-0.4, -0.2) is 12.9 Å². The average molecular weight is 299 g/mol. The fourth-order valence-electron chi connectivity index (χ4n) is 3.88. The number of rotatable bonds is 5. The van der Waals surface area contributed by atoms with Crippen molar-refractivity contribution in [1.29, 1.82) is 0 Å². The lowest BCUT2D eigenvalue weighted by Gasteiger charge is -2.22. The highest BCUT2D eigenvalue weighted by atomic mass is 19.4. The first-order valence-electron chi connectivity index (χ1n) is 7.55. The van der Waals surface area contributed by atoms with Crippen LogP contribution >= 0.6 is 0 Å². The summed E-state index contributed by atoms with van der Waals surface area (Å²) in [5.41, 5.74) is 0.819. The Labute approximate surface area is 122 Å². The summed E-state index contributed by atoms with van der Waals surface area (Å²) in [6, 6.07) is 6.18. The molecule has 1 N–H and O–H groups in total. The smallest absolute Gasteiger partial charge is 0.406 e. The van der Waals surface area contributed by atoms with Crippen molar-refractivity contribution in [2.45, 2.75) is 38.6 Å². The van der Waals surface area contributed by atoms with Gasteiger partial charge in [0.25, 0.3) is 0 Å². The Hall–Kier alpha value is -1.23. The normalized spacial score (nSPS) is 28.0. The van der Waals surface area contributed by atoms with Gasteiger partial charge in [-0.2, -0.15) is 0 Å². The Bertz CT molecular complexity index is 489. The lowest BCUT2D eigenvalue weighted by atomic mass is 9.89. The maximum absolute atomic E-state index is 12.2. The van der Waals surface area contributed by atoms with E-state index in [0.717, 1.165) is 29.9 Å². The SMILES string of the molecule is FC(F)(F)Oc1cccc(CNCC2CC3CCC2C3)c1. The maximum atomic E-state index is 12.2. The third-order valence-corrected chi connectivity index (χ3v) is 4.75. The van der Waals surface area contributed by atoms with Crippen LogP contribution in [0.3, 0.4) is 0 Å². The Morgan fingerprint density at radius 1 is 1.19 bits per heavy atom. The van der Waals surface area contributed by atoms with E-state index in [2.05, 4.69) is 10.1 Å². The zero-order valence-corrected chi connectivity index (χ0v) is 11.8. The molecule has 0 aromatic heterocycles. The van der Waals surface area contributed by atoms with E-state index < -0.39 is 6.36 Å². The summed E-state index contributed by atoms with van der Waals surface area (Å²) < 4.78 is 40.5. The lowest BCUT2D eigenvalue weighted by molar-refractivity contribution is -0.274. The molecule has 0 saturated heterocycles. The van der Waals surface area contributed by atoms with Gasteiger partial charge in [-0.05, 0) is 61.3 Å². The molecule has 2 saturated carbocycles. The van der Waals surface area contributed by atoms with Crippen molar-refractivity contribution in [2.24, 2.45) is 17.8 Å². The van der Waals surface area contributed by atoms with Crippen LogP contribution in [-0.2, 0) is 6.54 Å². The van der Waals surface area contributed by atoms with Gasteiger partial charge in [0, 0.05) is 6.54 Å². The van der Waals surface area contributed by atoms with Crippen LogP contribution in [0.5, 0.6) is 5.75 Å². The monoisotopic (exact) mass is 299 g/mol. The van der Waals surface area contributed by atoms with Crippen molar-refractivity contribution in [3.8, 4) is 5.75 Å². The molecule has 3 rings (SSSR count). The molecular formula is C16H20F3NO.